The number of hydrogen-bond donors (Lipinski definition) is 0. The molecule has 0 aliphatic carbocycles. The van der Waals surface area contributed by atoms with Gasteiger partial charge < -0.3 is 9.64 Å². The number of carbonyl (C=O) groups excluding carboxylic acids is 1. The first-order chi connectivity index (χ1) is 12.4. The van der Waals surface area contributed by atoms with Gasteiger partial charge in [-0.25, -0.2) is 0 Å². The molecule has 2 atom stereocenters. The van der Waals surface area contributed by atoms with Crippen LogP contribution in [-0.2, 0) is 16.1 Å². The van der Waals surface area contributed by atoms with Crippen molar-refractivity contribution in [2.45, 2.75) is 47.1 Å². The largest absolute Gasteiger partial charge is 0.466 e. The van der Waals surface area contributed by atoms with Crippen LogP contribution in [-0.4, -0.2) is 55.1 Å². The van der Waals surface area contributed by atoms with E-state index < -0.39 is 0 Å². The molecule has 26 heavy (non-hydrogen) atoms. The second kappa shape index (κ2) is 8.41. The van der Waals surface area contributed by atoms with E-state index in [1.807, 2.05) is 18.3 Å². The van der Waals surface area contributed by atoms with Crippen LogP contribution < -0.4 is 0 Å². The number of thiophene rings is 1. The van der Waals surface area contributed by atoms with Crippen LogP contribution in [0.15, 0.2) is 12.1 Å². The van der Waals surface area contributed by atoms with Gasteiger partial charge in [0.1, 0.15) is 0 Å². The van der Waals surface area contributed by atoms with E-state index in [2.05, 4.69) is 42.7 Å². The van der Waals surface area contributed by atoms with Crippen LogP contribution in [0.4, 0.5) is 0 Å². The van der Waals surface area contributed by atoms with Gasteiger partial charge in [-0.2, -0.15) is 0 Å². The highest BCUT2D eigenvalue weighted by Crippen LogP contribution is 2.44. The maximum absolute atomic E-state index is 13.0. The molecule has 2 aliphatic rings. The highest BCUT2D eigenvalue weighted by atomic mass is 32.1. The molecule has 3 rings (SSSR count). The van der Waals surface area contributed by atoms with Crippen LogP contribution in [0.3, 0.4) is 0 Å². The molecular weight excluding hydrogens is 344 g/mol. The van der Waals surface area contributed by atoms with Crippen molar-refractivity contribution >= 4 is 17.3 Å². The summed E-state index contributed by atoms with van der Waals surface area (Å²) in [4.78, 5) is 20.9. The molecule has 0 amide bonds. The maximum Gasteiger partial charge on any atom is 0.313 e. The fraction of sp³-hybridized carbons (Fsp3) is 0.762. The van der Waals surface area contributed by atoms with E-state index in [1.54, 1.807) is 0 Å². The minimum absolute atomic E-state index is 0.0464. The summed E-state index contributed by atoms with van der Waals surface area (Å²) in [5.74, 6) is 1.05. The summed E-state index contributed by atoms with van der Waals surface area (Å²) < 4.78 is 5.57. The Balaban J connectivity index is 1.76. The SMILES string of the molecule is CCOC(=O)[C@]12CCCN(Cc3ccc(C)s3)C[C@H]1CN(CC(C)C)C2. The van der Waals surface area contributed by atoms with E-state index in [1.165, 1.54) is 9.75 Å². The predicted octanol–water partition coefficient (Wildman–Crippen LogP) is 3.79. The van der Waals surface area contributed by atoms with E-state index in [0.29, 0.717) is 18.4 Å². The Kier molecular flexibility index (Phi) is 6.41. The van der Waals surface area contributed by atoms with Gasteiger partial charge >= 0.3 is 5.97 Å². The van der Waals surface area contributed by atoms with Gasteiger partial charge in [0.25, 0.3) is 0 Å². The summed E-state index contributed by atoms with van der Waals surface area (Å²) >= 11 is 1.89. The molecule has 0 saturated carbocycles. The van der Waals surface area contributed by atoms with Crippen LogP contribution in [0.25, 0.3) is 0 Å². The van der Waals surface area contributed by atoms with E-state index >= 15 is 0 Å². The molecule has 0 radical (unpaired) electrons. The van der Waals surface area contributed by atoms with Gasteiger partial charge in [0.15, 0.2) is 0 Å². The minimum atomic E-state index is -0.301. The van der Waals surface area contributed by atoms with E-state index in [9.17, 15) is 4.79 Å². The average molecular weight is 379 g/mol. The third kappa shape index (κ3) is 4.32. The van der Waals surface area contributed by atoms with Gasteiger partial charge in [-0.15, -0.1) is 11.3 Å². The fourth-order valence-corrected chi connectivity index (χ4v) is 5.75. The Bertz CT molecular complexity index is 615. The van der Waals surface area contributed by atoms with Crippen molar-refractivity contribution in [2.75, 3.05) is 39.3 Å². The van der Waals surface area contributed by atoms with Crippen LogP contribution in [0.1, 0.15) is 43.4 Å². The molecule has 3 heterocycles. The zero-order valence-electron chi connectivity index (χ0n) is 16.8. The van der Waals surface area contributed by atoms with Crippen molar-refractivity contribution in [3.63, 3.8) is 0 Å². The second-order valence-electron chi connectivity index (χ2n) is 8.51. The van der Waals surface area contributed by atoms with Gasteiger partial charge in [0.2, 0.25) is 0 Å². The molecule has 2 fully saturated rings. The number of carbonyl (C=O) groups is 1. The molecule has 4 nitrogen and oxygen atoms in total. The Morgan fingerprint density at radius 3 is 2.77 bits per heavy atom. The van der Waals surface area contributed by atoms with Gasteiger partial charge in [-0.3, -0.25) is 9.69 Å². The lowest BCUT2D eigenvalue weighted by Gasteiger charge is -2.31. The fourth-order valence-electron chi connectivity index (χ4n) is 4.81. The van der Waals surface area contributed by atoms with Gasteiger partial charge in [-0.1, -0.05) is 13.8 Å². The number of likely N-dealkylation sites (tertiary alicyclic amines) is 2. The Morgan fingerprint density at radius 2 is 2.12 bits per heavy atom. The highest BCUT2D eigenvalue weighted by Gasteiger charge is 2.53. The third-order valence-corrected chi connectivity index (χ3v) is 6.81. The normalized spacial score (nSPS) is 27.5. The topological polar surface area (TPSA) is 32.8 Å². The Hall–Kier alpha value is -0.910. The van der Waals surface area contributed by atoms with Crippen molar-refractivity contribution in [3.05, 3.63) is 21.9 Å². The van der Waals surface area contributed by atoms with Crippen molar-refractivity contribution < 1.29 is 9.53 Å². The first-order valence-electron chi connectivity index (χ1n) is 10.1. The summed E-state index contributed by atoms with van der Waals surface area (Å²) in [6.07, 6.45) is 2.04. The second-order valence-corrected chi connectivity index (χ2v) is 9.88. The highest BCUT2D eigenvalue weighted by molar-refractivity contribution is 7.11. The summed E-state index contributed by atoms with van der Waals surface area (Å²) in [6, 6.07) is 4.46. The molecule has 1 aromatic rings. The molecule has 5 heteroatoms. The number of hydrogen-bond acceptors (Lipinski definition) is 5. The van der Waals surface area contributed by atoms with Crippen LogP contribution in [0.5, 0.6) is 0 Å². The lowest BCUT2D eigenvalue weighted by atomic mass is 9.75. The van der Waals surface area contributed by atoms with Gasteiger partial charge in [0, 0.05) is 48.4 Å². The summed E-state index contributed by atoms with van der Waals surface area (Å²) in [7, 11) is 0. The smallest absolute Gasteiger partial charge is 0.313 e. The number of rotatable bonds is 6. The van der Waals surface area contributed by atoms with Gasteiger partial charge in [-0.05, 0) is 51.3 Å². The minimum Gasteiger partial charge on any atom is -0.466 e. The molecule has 0 spiro atoms. The molecule has 0 aromatic carbocycles. The van der Waals surface area contributed by atoms with E-state index in [-0.39, 0.29) is 11.4 Å². The first kappa shape index (κ1) is 19.8. The number of nitrogens with zero attached hydrogens (tertiary/aromatic N) is 2. The van der Waals surface area contributed by atoms with Crippen molar-refractivity contribution in [1.82, 2.24) is 9.80 Å². The molecule has 2 aliphatic heterocycles. The van der Waals surface area contributed by atoms with Crippen LogP contribution in [0.2, 0.25) is 0 Å². The molecule has 2 saturated heterocycles. The molecule has 146 valence electrons. The predicted molar refractivity (Wildman–Crippen MR) is 107 cm³/mol. The number of aryl methyl sites for hydroxylation is 1. The number of esters is 1. The Morgan fingerprint density at radius 1 is 1.35 bits per heavy atom. The molecule has 0 N–H and O–H groups in total. The molecule has 0 unspecified atom stereocenters. The standard InChI is InChI=1S/C21H34N2O2S/c1-5-25-20(24)21-9-6-10-22(14-19-8-7-17(4)26-19)12-18(21)13-23(15-21)11-16(2)3/h7-8,16,18H,5-6,9-15H2,1-4H3/t18-,21-/m0/s1. The number of fused-ring (bicyclic) bond motifs is 1. The first-order valence-corrected chi connectivity index (χ1v) is 10.9. The molecule has 0 bridgehead atoms. The van der Waals surface area contributed by atoms with Gasteiger partial charge in [0.05, 0.1) is 12.0 Å². The van der Waals surface area contributed by atoms with Crippen molar-refractivity contribution in [1.29, 1.82) is 0 Å². The molecular formula is C21H34N2O2S. The zero-order chi connectivity index (χ0) is 18.7. The van der Waals surface area contributed by atoms with Crippen molar-refractivity contribution in [3.8, 4) is 0 Å². The lowest BCUT2D eigenvalue weighted by molar-refractivity contribution is -0.157. The maximum atomic E-state index is 13.0. The van der Waals surface area contributed by atoms with E-state index in [4.69, 9.17) is 4.74 Å². The summed E-state index contributed by atoms with van der Waals surface area (Å²) in [5.41, 5.74) is -0.301. The average Bonchev–Trinajstić information content (AvgIpc) is 3.06. The van der Waals surface area contributed by atoms with Crippen LogP contribution in [0, 0.1) is 24.2 Å². The molecule has 1 aromatic heterocycles. The van der Waals surface area contributed by atoms with Crippen molar-refractivity contribution in [2.24, 2.45) is 17.3 Å². The lowest BCUT2D eigenvalue weighted by Crippen LogP contribution is -2.42. The van der Waals surface area contributed by atoms with Crippen LogP contribution >= 0.6 is 11.3 Å². The third-order valence-electron chi connectivity index (χ3n) is 5.82. The monoisotopic (exact) mass is 378 g/mol. The van der Waals surface area contributed by atoms with E-state index in [0.717, 1.165) is 52.1 Å². The summed E-state index contributed by atoms with van der Waals surface area (Å²) in [6.45, 7) is 15.2. The summed E-state index contributed by atoms with van der Waals surface area (Å²) in [5, 5.41) is 0. The quantitative estimate of drug-likeness (QED) is 0.705. The Labute approximate surface area is 162 Å². The zero-order valence-corrected chi connectivity index (χ0v) is 17.6. The number of ether oxygens (including phenoxy) is 1.